The smallest absolute Gasteiger partial charge is 0.322 e. The second-order valence-corrected chi connectivity index (χ2v) is 5.37. The molecule has 1 aliphatic rings. The van der Waals surface area contributed by atoms with Crippen molar-refractivity contribution in [1.82, 2.24) is 15.1 Å². The molecule has 1 aliphatic carbocycles. The van der Waals surface area contributed by atoms with Crippen LogP contribution >= 0.6 is 0 Å². The van der Waals surface area contributed by atoms with Gasteiger partial charge in [0.25, 0.3) is 5.91 Å². The van der Waals surface area contributed by atoms with Crippen LogP contribution in [0.2, 0.25) is 0 Å². The lowest BCUT2D eigenvalue weighted by Gasteiger charge is -2.10. The predicted molar refractivity (Wildman–Crippen MR) is 69.0 cm³/mol. The van der Waals surface area contributed by atoms with Crippen LogP contribution in [-0.4, -0.2) is 33.3 Å². The second-order valence-electron chi connectivity index (χ2n) is 5.37. The Morgan fingerprint density at radius 3 is 2.74 bits per heavy atom. The molecule has 1 fully saturated rings. The molecule has 2 rings (SSSR count). The molecule has 19 heavy (non-hydrogen) atoms. The molecular formula is C13H19N3O3. The molecule has 0 bridgehead atoms. The SMILES string of the molecule is CC(C)Cn1ncc(C(=O)NCC(=O)O)c1C1CC1. The molecule has 1 aromatic heterocycles. The Kier molecular flexibility index (Phi) is 3.87. The van der Waals surface area contributed by atoms with Crippen molar-refractivity contribution in [3.63, 3.8) is 0 Å². The van der Waals surface area contributed by atoms with Crippen LogP contribution in [0.25, 0.3) is 0 Å². The average molecular weight is 265 g/mol. The van der Waals surface area contributed by atoms with Crippen LogP contribution in [0.4, 0.5) is 0 Å². The van der Waals surface area contributed by atoms with E-state index in [1.54, 1.807) is 6.20 Å². The number of rotatable bonds is 6. The van der Waals surface area contributed by atoms with E-state index in [4.69, 9.17) is 5.11 Å². The van der Waals surface area contributed by atoms with Crippen LogP contribution in [0.3, 0.4) is 0 Å². The Bertz CT molecular complexity index is 489. The van der Waals surface area contributed by atoms with E-state index in [1.807, 2.05) is 4.68 Å². The first-order valence-corrected chi connectivity index (χ1v) is 6.54. The van der Waals surface area contributed by atoms with Gasteiger partial charge in [0.05, 0.1) is 17.5 Å². The molecule has 0 spiro atoms. The normalized spacial score (nSPS) is 14.7. The highest BCUT2D eigenvalue weighted by molar-refractivity contribution is 5.96. The standard InChI is InChI=1S/C13H19N3O3/c1-8(2)7-16-12(9-3-4-9)10(5-15-16)13(19)14-6-11(17)18/h5,8-9H,3-4,6-7H2,1-2H3,(H,14,19)(H,17,18). The summed E-state index contributed by atoms with van der Waals surface area (Å²) in [5, 5.41) is 15.3. The van der Waals surface area contributed by atoms with E-state index < -0.39 is 5.97 Å². The van der Waals surface area contributed by atoms with Crippen molar-refractivity contribution >= 4 is 11.9 Å². The van der Waals surface area contributed by atoms with Gasteiger partial charge in [-0.1, -0.05) is 13.8 Å². The Morgan fingerprint density at radius 2 is 2.21 bits per heavy atom. The molecule has 104 valence electrons. The third-order valence-electron chi connectivity index (χ3n) is 3.03. The third kappa shape index (κ3) is 3.33. The number of aliphatic carboxylic acids is 1. The van der Waals surface area contributed by atoms with E-state index in [9.17, 15) is 9.59 Å². The number of carboxylic acids is 1. The lowest BCUT2D eigenvalue weighted by atomic mass is 10.1. The molecule has 0 atom stereocenters. The quantitative estimate of drug-likeness (QED) is 0.810. The number of aromatic nitrogens is 2. The first-order valence-electron chi connectivity index (χ1n) is 6.54. The maximum absolute atomic E-state index is 12.0. The lowest BCUT2D eigenvalue weighted by molar-refractivity contribution is -0.135. The fraction of sp³-hybridized carbons (Fsp3) is 0.615. The van der Waals surface area contributed by atoms with Crippen molar-refractivity contribution in [3.05, 3.63) is 17.5 Å². The molecule has 1 aromatic rings. The monoisotopic (exact) mass is 265 g/mol. The molecule has 1 heterocycles. The van der Waals surface area contributed by atoms with Crippen molar-refractivity contribution in [3.8, 4) is 0 Å². The maximum Gasteiger partial charge on any atom is 0.322 e. The largest absolute Gasteiger partial charge is 0.480 e. The van der Waals surface area contributed by atoms with Gasteiger partial charge in [-0.3, -0.25) is 14.3 Å². The highest BCUT2D eigenvalue weighted by Crippen LogP contribution is 2.41. The van der Waals surface area contributed by atoms with Gasteiger partial charge in [-0.2, -0.15) is 5.10 Å². The average Bonchev–Trinajstić information content (AvgIpc) is 3.07. The van der Waals surface area contributed by atoms with E-state index in [0.717, 1.165) is 25.1 Å². The number of carbonyl (C=O) groups excluding carboxylic acids is 1. The number of nitrogens with one attached hydrogen (secondary N) is 1. The molecule has 0 aliphatic heterocycles. The molecule has 6 nitrogen and oxygen atoms in total. The molecule has 0 radical (unpaired) electrons. The van der Waals surface area contributed by atoms with Crippen molar-refractivity contribution in [2.24, 2.45) is 5.92 Å². The van der Waals surface area contributed by atoms with Crippen molar-refractivity contribution in [1.29, 1.82) is 0 Å². The Labute approximate surface area is 111 Å². The number of carboxylic acid groups (broad SMARTS) is 1. The zero-order chi connectivity index (χ0) is 14.0. The maximum atomic E-state index is 12.0. The van der Waals surface area contributed by atoms with Crippen LogP contribution in [0.5, 0.6) is 0 Å². The Hall–Kier alpha value is -1.85. The number of carbonyl (C=O) groups is 2. The summed E-state index contributed by atoms with van der Waals surface area (Å²) in [6.45, 7) is 4.61. The summed E-state index contributed by atoms with van der Waals surface area (Å²) >= 11 is 0. The number of hydrogen-bond donors (Lipinski definition) is 2. The third-order valence-corrected chi connectivity index (χ3v) is 3.03. The zero-order valence-electron chi connectivity index (χ0n) is 11.2. The molecule has 2 N–H and O–H groups in total. The molecule has 0 unspecified atom stereocenters. The van der Waals surface area contributed by atoms with Gasteiger partial charge in [0.1, 0.15) is 6.54 Å². The predicted octanol–water partition coefficient (Wildman–Crippen LogP) is 1.23. The lowest BCUT2D eigenvalue weighted by Crippen LogP contribution is -2.29. The minimum Gasteiger partial charge on any atom is -0.480 e. The fourth-order valence-corrected chi connectivity index (χ4v) is 2.10. The van der Waals surface area contributed by atoms with Gasteiger partial charge in [0, 0.05) is 12.5 Å². The minimum atomic E-state index is -1.05. The Morgan fingerprint density at radius 1 is 1.53 bits per heavy atom. The number of hydrogen-bond acceptors (Lipinski definition) is 3. The van der Waals surface area contributed by atoms with E-state index in [0.29, 0.717) is 17.4 Å². The number of amides is 1. The molecule has 1 amide bonds. The zero-order valence-corrected chi connectivity index (χ0v) is 11.2. The van der Waals surface area contributed by atoms with Crippen LogP contribution in [0, 0.1) is 5.92 Å². The summed E-state index contributed by atoms with van der Waals surface area (Å²) in [5.41, 5.74) is 1.47. The van der Waals surface area contributed by atoms with E-state index >= 15 is 0 Å². The van der Waals surface area contributed by atoms with E-state index in [1.165, 1.54) is 0 Å². The van der Waals surface area contributed by atoms with Gasteiger partial charge in [0.15, 0.2) is 0 Å². The van der Waals surface area contributed by atoms with Crippen LogP contribution in [-0.2, 0) is 11.3 Å². The van der Waals surface area contributed by atoms with Crippen LogP contribution in [0.1, 0.15) is 48.7 Å². The van der Waals surface area contributed by atoms with Gasteiger partial charge in [-0.25, -0.2) is 0 Å². The molecular weight excluding hydrogens is 246 g/mol. The molecule has 1 saturated carbocycles. The van der Waals surface area contributed by atoms with Crippen LogP contribution in [0.15, 0.2) is 6.20 Å². The summed E-state index contributed by atoms with van der Waals surface area (Å²) < 4.78 is 1.89. The summed E-state index contributed by atoms with van der Waals surface area (Å²) in [6, 6.07) is 0. The highest BCUT2D eigenvalue weighted by Gasteiger charge is 2.32. The molecule has 0 saturated heterocycles. The molecule has 0 aromatic carbocycles. The summed E-state index contributed by atoms with van der Waals surface area (Å²) in [7, 11) is 0. The first kappa shape index (κ1) is 13.6. The second kappa shape index (κ2) is 5.42. The van der Waals surface area contributed by atoms with Gasteiger partial charge < -0.3 is 10.4 Å². The van der Waals surface area contributed by atoms with Gasteiger partial charge in [0.2, 0.25) is 0 Å². The summed E-state index contributed by atoms with van der Waals surface area (Å²) in [4.78, 5) is 22.5. The van der Waals surface area contributed by atoms with Crippen molar-refractivity contribution in [2.45, 2.75) is 39.2 Å². The van der Waals surface area contributed by atoms with Gasteiger partial charge in [-0.15, -0.1) is 0 Å². The first-order chi connectivity index (χ1) is 8.99. The molecule has 6 heteroatoms. The summed E-state index contributed by atoms with van der Waals surface area (Å²) in [6.07, 6.45) is 3.69. The fourth-order valence-electron chi connectivity index (χ4n) is 2.10. The van der Waals surface area contributed by atoms with Crippen molar-refractivity contribution < 1.29 is 14.7 Å². The summed E-state index contributed by atoms with van der Waals surface area (Å²) in [5.74, 6) is -0.547. The minimum absolute atomic E-state index is 0.348. The number of nitrogens with zero attached hydrogens (tertiary/aromatic N) is 2. The van der Waals surface area contributed by atoms with E-state index in [-0.39, 0.29) is 12.5 Å². The highest BCUT2D eigenvalue weighted by atomic mass is 16.4. The van der Waals surface area contributed by atoms with E-state index in [2.05, 4.69) is 24.3 Å². The van der Waals surface area contributed by atoms with Gasteiger partial charge in [-0.05, 0) is 18.8 Å². The van der Waals surface area contributed by atoms with Gasteiger partial charge >= 0.3 is 5.97 Å². The Balaban J connectivity index is 2.17. The van der Waals surface area contributed by atoms with Crippen molar-refractivity contribution in [2.75, 3.05) is 6.54 Å². The topological polar surface area (TPSA) is 84.2 Å². The van der Waals surface area contributed by atoms with Crippen LogP contribution < -0.4 is 5.32 Å².